The van der Waals surface area contributed by atoms with Crippen molar-refractivity contribution in [3.63, 3.8) is 0 Å². The molecule has 0 atom stereocenters. The molecule has 0 unspecified atom stereocenters. The molecule has 1 amide bonds. The highest BCUT2D eigenvalue weighted by molar-refractivity contribution is 6.31. The second-order valence-corrected chi connectivity index (χ2v) is 5.18. The Balaban J connectivity index is 2.13. The SMILES string of the molecule is N#CCOc1ccc(/C=C(\C#N)C(=O)Nc2ccc(F)c(Cl)c2)cc1. The number of nitrogens with zero attached hydrogens (tertiary/aromatic N) is 2. The first-order chi connectivity index (χ1) is 12.0. The van der Waals surface area contributed by atoms with Gasteiger partial charge < -0.3 is 10.1 Å². The minimum absolute atomic E-state index is 0.0682. The van der Waals surface area contributed by atoms with E-state index >= 15 is 0 Å². The van der Waals surface area contributed by atoms with Crippen LogP contribution in [0.2, 0.25) is 5.02 Å². The first kappa shape index (κ1) is 18.0. The molecule has 0 fully saturated rings. The molecule has 124 valence electrons. The van der Waals surface area contributed by atoms with Gasteiger partial charge in [-0.2, -0.15) is 10.5 Å². The first-order valence-electron chi connectivity index (χ1n) is 7.01. The van der Waals surface area contributed by atoms with Gasteiger partial charge in [-0.1, -0.05) is 23.7 Å². The molecule has 25 heavy (non-hydrogen) atoms. The average molecular weight is 356 g/mol. The number of benzene rings is 2. The van der Waals surface area contributed by atoms with Crippen LogP contribution in [0.5, 0.6) is 5.75 Å². The van der Waals surface area contributed by atoms with Gasteiger partial charge in [0.05, 0.1) is 5.02 Å². The van der Waals surface area contributed by atoms with Crippen LogP contribution in [0.1, 0.15) is 5.56 Å². The lowest BCUT2D eigenvalue weighted by Crippen LogP contribution is -2.13. The second kappa shape index (κ2) is 8.49. The molecule has 0 heterocycles. The van der Waals surface area contributed by atoms with Crippen molar-refractivity contribution >= 4 is 29.3 Å². The Labute approximate surface area is 148 Å². The number of carbonyl (C=O) groups is 1. The number of anilines is 1. The Kier molecular flexibility index (Phi) is 6.11. The molecule has 7 heteroatoms. The number of rotatable bonds is 5. The summed E-state index contributed by atoms with van der Waals surface area (Å²) < 4.78 is 18.2. The van der Waals surface area contributed by atoms with Crippen molar-refractivity contribution in [2.75, 3.05) is 11.9 Å². The van der Waals surface area contributed by atoms with Crippen molar-refractivity contribution in [3.8, 4) is 17.9 Å². The van der Waals surface area contributed by atoms with Crippen LogP contribution >= 0.6 is 11.6 Å². The van der Waals surface area contributed by atoms with Crippen LogP contribution in [0, 0.1) is 28.5 Å². The van der Waals surface area contributed by atoms with E-state index in [4.69, 9.17) is 21.6 Å². The Hall–Kier alpha value is -3.35. The first-order valence-corrected chi connectivity index (χ1v) is 7.39. The maximum atomic E-state index is 13.1. The summed E-state index contributed by atoms with van der Waals surface area (Å²) in [6.45, 7) is -0.0682. The lowest BCUT2D eigenvalue weighted by atomic mass is 10.1. The van der Waals surface area contributed by atoms with Crippen molar-refractivity contribution in [3.05, 3.63) is 64.4 Å². The van der Waals surface area contributed by atoms with E-state index in [9.17, 15) is 14.4 Å². The van der Waals surface area contributed by atoms with Gasteiger partial charge in [-0.25, -0.2) is 4.39 Å². The molecule has 1 N–H and O–H groups in total. The summed E-state index contributed by atoms with van der Waals surface area (Å²) in [5.74, 6) is -0.744. The van der Waals surface area contributed by atoms with Gasteiger partial charge >= 0.3 is 0 Å². The van der Waals surface area contributed by atoms with E-state index in [0.29, 0.717) is 11.3 Å². The highest BCUT2D eigenvalue weighted by atomic mass is 35.5. The lowest BCUT2D eigenvalue weighted by Gasteiger charge is -2.05. The molecule has 0 bridgehead atoms. The minimum atomic E-state index is -0.644. The third kappa shape index (κ3) is 5.07. The number of ether oxygens (including phenoxy) is 1. The van der Waals surface area contributed by atoms with Crippen molar-refractivity contribution in [1.29, 1.82) is 10.5 Å². The normalized spacial score (nSPS) is 10.5. The number of halogens is 2. The van der Waals surface area contributed by atoms with Crippen LogP contribution in [0.15, 0.2) is 48.0 Å². The second-order valence-electron chi connectivity index (χ2n) is 4.77. The molecule has 0 radical (unpaired) electrons. The van der Waals surface area contributed by atoms with Gasteiger partial charge in [0, 0.05) is 5.69 Å². The monoisotopic (exact) mass is 355 g/mol. The number of amides is 1. The smallest absolute Gasteiger partial charge is 0.266 e. The standard InChI is InChI=1S/C18H11ClFN3O2/c19-16-10-14(3-6-17(16)20)23-18(24)13(11-22)9-12-1-4-15(5-2-12)25-8-7-21/h1-6,9-10H,8H2,(H,23,24)/b13-9+. The summed E-state index contributed by atoms with van der Waals surface area (Å²) in [6.07, 6.45) is 1.40. The molecule has 0 aliphatic heterocycles. The maximum Gasteiger partial charge on any atom is 0.266 e. The van der Waals surface area contributed by atoms with E-state index in [2.05, 4.69) is 5.32 Å². The number of hydrogen-bond donors (Lipinski definition) is 1. The van der Waals surface area contributed by atoms with E-state index in [-0.39, 0.29) is 22.9 Å². The van der Waals surface area contributed by atoms with Crippen molar-refractivity contribution in [1.82, 2.24) is 0 Å². The van der Waals surface area contributed by atoms with Gasteiger partial charge in [-0.15, -0.1) is 0 Å². The molecule has 2 rings (SSSR count). The zero-order valence-electron chi connectivity index (χ0n) is 12.8. The Morgan fingerprint density at radius 2 is 1.96 bits per heavy atom. The van der Waals surface area contributed by atoms with E-state index in [1.165, 1.54) is 18.2 Å². The number of nitriles is 2. The summed E-state index contributed by atoms with van der Waals surface area (Å²) in [7, 11) is 0. The van der Waals surface area contributed by atoms with E-state index in [1.54, 1.807) is 24.3 Å². The minimum Gasteiger partial charge on any atom is -0.479 e. The van der Waals surface area contributed by atoms with E-state index < -0.39 is 11.7 Å². The Bertz CT molecular complexity index is 896. The fourth-order valence-electron chi connectivity index (χ4n) is 1.86. The lowest BCUT2D eigenvalue weighted by molar-refractivity contribution is -0.112. The average Bonchev–Trinajstić information content (AvgIpc) is 2.62. The van der Waals surface area contributed by atoms with Crippen LogP contribution < -0.4 is 10.1 Å². The van der Waals surface area contributed by atoms with Crippen molar-refractivity contribution in [2.24, 2.45) is 0 Å². The quantitative estimate of drug-likeness (QED) is 0.650. The van der Waals surface area contributed by atoms with Crippen LogP contribution in [0.4, 0.5) is 10.1 Å². The summed E-state index contributed by atoms with van der Waals surface area (Å²) in [5, 5.41) is 20.0. The fraction of sp³-hybridized carbons (Fsp3) is 0.0556. The largest absolute Gasteiger partial charge is 0.479 e. The van der Waals surface area contributed by atoms with Gasteiger partial charge in [0.15, 0.2) is 6.61 Å². The molecule has 2 aromatic rings. The van der Waals surface area contributed by atoms with Gasteiger partial charge in [-0.3, -0.25) is 4.79 Å². The van der Waals surface area contributed by atoms with E-state index in [0.717, 1.165) is 6.07 Å². The third-order valence-corrected chi connectivity index (χ3v) is 3.33. The zero-order valence-corrected chi connectivity index (χ0v) is 13.5. The summed E-state index contributed by atoms with van der Waals surface area (Å²) in [5.41, 5.74) is 0.747. The van der Waals surface area contributed by atoms with Crippen LogP contribution in [-0.4, -0.2) is 12.5 Å². The summed E-state index contributed by atoms with van der Waals surface area (Å²) in [4.78, 5) is 12.2. The highest BCUT2D eigenvalue weighted by Gasteiger charge is 2.11. The molecule has 0 aliphatic rings. The topological polar surface area (TPSA) is 85.9 Å². The van der Waals surface area contributed by atoms with E-state index in [1.807, 2.05) is 12.1 Å². The van der Waals surface area contributed by atoms with Crippen molar-refractivity contribution in [2.45, 2.75) is 0 Å². The predicted octanol–water partition coefficient (Wildman–Crippen LogP) is 3.93. The van der Waals surface area contributed by atoms with Crippen molar-refractivity contribution < 1.29 is 13.9 Å². The summed E-state index contributed by atoms with van der Waals surface area (Å²) >= 11 is 5.65. The molecule has 0 spiro atoms. The van der Waals surface area contributed by atoms with Gasteiger partial charge in [-0.05, 0) is 42.0 Å². The number of hydrogen-bond acceptors (Lipinski definition) is 4. The molecule has 0 aromatic heterocycles. The van der Waals surface area contributed by atoms with Gasteiger partial charge in [0.1, 0.15) is 29.3 Å². The number of nitrogens with one attached hydrogen (secondary N) is 1. The molecule has 0 saturated heterocycles. The number of carbonyl (C=O) groups excluding carboxylic acids is 1. The van der Waals surface area contributed by atoms with Gasteiger partial charge in [0.2, 0.25) is 0 Å². The van der Waals surface area contributed by atoms with Crippen LogP contribution in [0.3, 0.4) is 0 Å². The maximum absolute atomic E-state index is 13.1. The zero-order chi connectivity index (χ0) is 18.2. The van der Waals surface area contributed by atoms with Crippen LogP contribution in [0.25, 0.3) is 6.08 Å². The van der Waals surface area contributed by atoms with Gasteiger partial charge in [0.25, 0.3) is 5.91 Å². The molecule has 2 aromatic carbocycles. The molecular formula is C18H11ClFN3O2. The van der Waals surface area contributed by atoms with Crippen LogP contribution in [-0.2, 0) is 4.79 Å². The molecule has 0 aliphatic carbocycles. The molecule has 0 saturated carbocycles. The highest BCUT2D eigenvalue weighted by Crippen LogP contribution is 2.20. The third-order valence-electron chi connectivity index (χ3n) is 3.04. The Morgan fingerprint density at radius 3 is 2.56 bits per heavy atom. The molecule has 5 nitrogen and oxygen atoms in total. The predicted molar refractivity (Wildman–Crippen MR) is 91.2 cm³/mol. The summed E-state index contributed by atoms with van der Waals surface area (Å²) in [6, 6.07) is 13.9. The fourth-order valence-corrected chi connectivity index (χ4v) is 2.04. The molecular weight excluding hydrogens is 345 g/mol. The Morgan fingerprint density at radius 1 is 1.24 bits per heavy atom.